The van der Waals surface area contributed by atoms with Crippen molar-refractivity contribution in [1.82, 2.24) is 0 Å². The van der Waals surface area contributed by atoms with Crippen molar-refractivity contribution in [1.29, 1.82) is 0 Å². The Labute approximate surface area is 63.9 Å². The predicted molar refractivity (Wildman–Crippen MR) is 39.7 cm³/mol. The molecule has 10 heavy (non-hydrogen) atoms. The van der Waals surface area contributed by atoms with Gasteiger partial charge in [-0.25, -0.2) is 0 Å². The van der Waals surface area contributed by atoms with Crippen LogP contribution in [0.25, 0.3) is 0 Å². The van der Waals surface area contributed by atoms with E-state index in [0.29, 0.717) is 17.5 Å². The Bertz CT molecular complexity index is 211. The van der Waals surface area contributed by atoms with Gasteiger partial charge < -0.3 is 15.9 Å². The zero-order valence-corrected chi connectivity index (χ0v) is 6.14. The summed E-state index contributed by atoms with van der Waals surface area (Å²) in [4.78, 5) is 0. The molecule has 0 spiro atoms. The van der Waals surface area contributed by atoms with Gasteiger partial charge in [-0.1, -0.05) is 0 Å². The lowest BCUT2D eigenvalue weighted by Gasteiger charge is -2.02. The average Bonchev–Trinajstić information content (AvgIpc) is 2.34. The van der Waals surface area contributed by atoms with Crippen molar-refractivity contribution < 1.29 is 4.42 Å². The molecule has 1 atom stereocenters. The third-order valence-electron chi connectivity index (χ3n) is 1.21. The standard InChI is InChI=1S/C6H9ClN2O/c7-6-2-1-5(10-6)4(9)3-8/h1-2,4H,3,8-9H2/t4-/m1/s1. The summed E-state index contributed by atoms with van der Waals surface area (Å²) in [6.07, 6.45) is 0. The lowest BCUT2D eigenvalue weighted by atomic mass is 10.2. The number of nitrogens with two attached hydrogens (primary N) is 2. The van der Waals surface area contributed by atoms with Gasteiger partial charge >= 0.3 is 0 Å². The minimum absolute atomic E-state index is 0.243. The number of furan rings is 1. The second-order valence-electron chi connectivity index (χ2n) is 1.98. The van der Waals surface area contributed by atoms with Crippen molar-refractivity contribution in [2.24, 2.45) is 11.5 Å². The van der Waals surface area contributed by atoms with Crippen molar-refractivity contribution in [3.63, 3.8) is 0 Å². The molecule has 3 nitrogen and oxygen atoms in total. The van der Waals surface area contributed by atoms with Gasteiger partial charge in [0.15, 0.2) is 5.22 Å². The Kier molecular flexibility index (Phi) is 2.32. The first-order valence-electron chi connectivity index (χ1n) is 2.95. The van der Waals surface area contributed by atoms with Crippen molar-refractivity contribution in [2.45, 2.75) is 6.04 Å². The minimum Gasteiger partial charge on any atom is -0.448 e. The van der Waals surface area contributed by atoms with Crippen LogP contribution in [0.15, 0.2) is 16.5 Å². The number of halogens is 1. The maximum atomic E-state index is 5.53. The van der Waals surface area contributed by atoms with Crippen molar-refractivity contribution in [2.75, 3.05) is 6.54 Å². The van der Waals surface area contributed by atoms with Crippen LogP contribution >= 0.6 is 11.6 Å². The molecule has 0 saturated carbocycles. The van der Waals surface area contributed by atoms with Gasteiger partial charge in [-0.15, -0.1) is 0 Å². The fourth-order valence-corrected chi connectivity index (χ4v) is 0.796. The third-order valence-corrected chi connectivity index (χ3v) is 1.42. The highest BCUT2D eigenvalue weighted by Crippen LogP contribution is 2.17. The Morgan fingerprint density at radius 1 is 1.60 bits per heavy atom. The van der Waals surface area contributed by atoms with E-state index < -0.39 is 0 Å². The molecular weight excluding hydrogens is 152 g/mol. The second-order valence-corrected chi connectivity index (χ2v) is 2.36. The van der Waals surface area contributed by atoms with Gasteiger partial charge in [0.1, 0.15) is 5.76 Å². The monoisotopic (exact) mass is 160 g/mol. The largest absolute Gasteiger partial charge is 0.448 e. The quantitative estimate of drug-likeness (QED) is 0.676. The molecule has 1 aromatic heterocycles. The van der Waals surface area contributed by atoms with Crippen LogP contribution in [0, 0.1) is 0 Å². The Balaban J connectivity index is 2.74. The van der Waals surface area contributed by atoms with Crippen molar-refractivity contribution in [3.05, 3.63) is 23.1 Å². The van der Waals surface area contributed by atoms with E-state index in [2.05, 4.69) is 0 Å². The first kappa shape index (κ1) is 7.60. The van der Waals surface area contributed by atoms with Crippen LogP contribution in [0.1, 0.15) is 11.8 Å². The minimum atomic E-state index is -0.243. The summed E-state index contributed by atoms with van der Waals surface area (Å²) in [6.45, 7) is 0.365. The van der Waals surface area contributed by atoms with E-state index in [1.807, 2.05) is 0 Å². The number of hydrogen-bond donors (Lipinski definition) is 2. The smallest absolute Gasteiger partial charge is 0.193 e. The van der Waals surface area contributed by atoms with Crippen molar-refractivity contribution >= 4 is 11.6 Å². The van der Waals surface area contributed by atoms with Crippen LogP contribution in [0.2, 0.25) is 5.22 Å². The fraction of sp³-hybridized carbons (Fsp3) is 0.333. The van der Waals surface area contributed by atoms with Gasteiger partial charge in [-0.3, -0.25) is 0 Å². The van der Waals surface area contributed by atoms with E-state index >= 15 is 0 Å². The molecule has 0 aromatic carbocycles. The summed E-state index contributed by atoms with van der Waals surface area (Å²) in [5.41, 5.74) is 10.8. The molecule has 4 N–H and O–H groups in total. The Hall–Kier alpha value is -0.510. The van der Waals surface area contributed by atoms with Crippen molar-refractivity contribution in [3.8, 4) is 0 Å². The Morgan fingerprint density at radius 2 is 2.30 bits per heavy atom. The van der Waals surface area contributed by atoms with Gasteiger partial charge in [0, 0.05) is 6.54 Å². The van der Waals surface area contributed by atoms with E-state index in [0.717, 1.165) is 0 Å². The lowest BCUT2D eigenvalue weighted by molar-refractivity contribution is 0.471. The van der Waals surface area contributed by atoms with Crippen LogP contribution in [-0.4, -0.2) is 6.54 Å². The van der Waals surface area contributed by atoms with Crippen LogP contribution in [0.3, 0.4) is 0 Å². The summed E-state index contributed by atoms with van der Waals surface area (Å²) in [6, 6.07) is 3.12. The first-order valence-corrected chi connectivity index (χ1v) is 3.32. The van der Waals surface area contributed by atoms with Gasteiger partial charge in [-0.05, 0) is 23.7 Å². The van der Waals surface area contributed by atoms with Crippen LogP contribution in [-0.2, 0) is 0 Å². The molecule has 4 heteroatoms. The van der Waals surface area contributed by atoms with Gasteiger partial charge in [0.25, 0.3) is 0 Å². The van der Waals surface area contributed by atoms with Gasteiger partial charge in [-0.2, -0.15) is 0 Å². The molecule has 0 amide bonds. The molecule has 1 heterocycles. The van der Waals surface area contributed by atoms with Gasteiger partial charge in [0.2, 0.25) is 0 Å². The highest BCUT2D eigenvalue weighted by molar-refractivity contribution is 6.28. The second kappa shape index (κ2) is 3.05. The van der Waals surface area contributed by atoms with E-state index in [4.69, 9.17) is 27.5 Å². The molecule has 0 bridgehead atoms. The molecule has 0 aliphatic heterocycles. The van der Waals surface area contributed by atoms with E-state index in [9.17, 15) is 0 Å². The molecule has 0 radical (unpaired) electrons. The number of rotatable bonds is 2. The number of hydrogen-bond acceptors (Lipinski definition) is 3. The maximum absolute atomic E-state index is 5.53. The summed E-state index contributed by atoms with van der Waals surface area (Å²) in [5.74, 6) is 0.632. The molecule has 56 valence electrons. The molecule has 1 rings (SSSR count). The summed E-state index contributed by atoms with van der Waals surface area (Å²) < 4.78 is 5.00. The van der Waals surface area contributed by atoms with Crippen LogP contribution in [0.4, 0.5) is 0 Å². The average molecular weight is 161 g/mol. The molecule has 0 aliphatic rings. The summed E-state index contributed by atoms with van der Waals surface area (Å²) in [5, 5.41) is 0.346. The molecule has 0 fully saturated rings. The summed E-state index contributed by atoms with van der Waals surface area (Å²) in [7, 11) is 0. The lowest BCUT2D eigenvalue weighted by Crippen LogP contribution is -2.19. The molecule has 0 unspecified atom stereocenters. The van der Waals surface area contributed by atoms with Crippen LogP contribution < -0.4 is 11.5 Å². The topological polar surface area (TPSA) is 65.2 Å². The van der Waals surface area contributed by atoms with Crippen LogP contribution in [0.5, 0.6) is 0 Å². The maximum Gasteiger partial charge on any atom is 0.193 e. The third kappa shape index (κ3) is 1.50. The highest BCUT2D eigenvalue weighted by Gasteiger charge is 2.06. The van der Waals surface area contributed by atoms with E-state index in [1.54, 1.807) is 12.1 Å². The van der Waals surface area contributed by atoms with Gasteiger partial charge in [0.05, 0.1) is 6.04 Å². The highest BCUT2D eigenvalue weighted by atomic mass is 35.5. The first-order chi connectivity index (χ1) is 4.74. The predicted octanol–water partition coefficient (Wildman–Crippen LogP) is 0.892. The molecule has 1 aromatic rings. The summed E-state index contributed by atoms with van der Waals surface area (Å²) >= 11 is 5.50. The molecule has 0 saturated heterocycles. The molecular formula is C6H9ClN2O. The van der Waals surface area contributed by atoms with E-state index in [1.165, 1.54) is 0 Å². The SMILES string of the molecule is NC[C@@H](N)c1ccc(Cl)o1. The normalized spacial score (nSPS) is 13.5. The van der Waals surface area contributed by atoms with E-state index in [-0.39, 0.29) is 6.04 Å². The Morgan fingerprint density at radius 3 is 2.70 bits per heavy atom. The zero-order valence-electron chi connectivity index (χ0n) is 5.38. The zero-order chi connectivity index (χ0) is 7.56. The molecule has 0 aliphatic carbocycles. The fourth-order valence-electron chi connectivity index (χ4n) is 0.644.